The van der Waals surface area contributed by atoms with E-state index in [1.165, 1.54) is 11.1 Å². The highest BCUT2D eigenvalue weighted by atomic mass is 15.4. The third-order valence-electron chi connectivity index (χ3n) is 3.87. The lowest BCUT2D eigenvalue weighted by molar-refractivity contribution is 0.836. The van der Waals surface area contributed by atoms with E-state index in [1.807, 2.05) is 24.3 Å². The van der Waals surface area contributed by atoms with Crippen molar-refractivity contribution >= 4 is 22.7 Å². The Morgan fingerprint density at radius 3 is 2.81 bits per heavy atom. The molecular formula is C17H16N4. The number of aromatic nitrogens is 2. The SMILES string of the molecule is c1ccc2c(c1)CCC/C2=N/Nc1nc2ccccc2[nH]1. The predicted octanol–water partition coefficient (Wildman–Crippen LogP) is 3.72. The normalized spacial score (nSPS) is 16.1. The zero-order valence-corrected chi connectivity index (χ0v) is 11.6. The standard InChI is InChI=1S/C17H16N4/c1-2-8-13-12(6-1)7-5-11-14(13)20-21-17-18-15-9-3-4-10-16(15)19-17/h1-4,6,8-10H,5,7,11H2,(H2,18,19,21)/b20-14-. The van der Waals surface area contributed by atoms with E-state index in [2.05, 4.69) is 44.8 Å². The van der Waals surface area contributed by atoms with Crippen LogP contribution in [0.25, 0.3) is 11.0 Å². The number of benzene rings is 2. The summed E-state index contributed by atoms with van der Waals surface area (Å²) in [5, 5.41) is 4.56. The van der Waals surface area contributed by atoms with Crippen LogP contribution in [0, 0.1) is 0 Å². The fraction of sp³-hybridized carbons (Fsp3) is 0.176. The molecule has 0 spiro atoms. The fourth-order valence-electron chi connectivity index (χ4n) is 2.84. The molecule has 4 nitrogen and oxygen atoms in total. The van der Waals surface area contributed by atoms with Crippen LogP contribution in [0.5, 0.6) is 0 Å². The Balaban J connectivity index is 1.64. The van der Waals surface area contributed by atoms with Crippen LogP contribution in [-0.2, 0) is 6.42 Å². The van der Waals surface area contributed by atoms with Crippen molar-refractivity contribution in [3.8, 4) is 0 Å². The van der Waals surface area contributed by atoms with Crippen LogP contribution < -0.4 is 5.43 Å². The van der Waals surface area contributed by atoms with Crippen molar-refractivity contribution < 1.29 is 0 Å². The van der Waals surface area contributed by atoms with E-state index in [4.69, 9.17) is 0 Å². The Bertz CT molecular complexity index is 783. The average molecular weight is 276 g/mol. The minimum absolute atomic E-state index is 0.687. The van der Waals surface area contributed by atoms with Gasteiger partial charge in [0.2, 0.25) is 5.95 Å². The lowest BCUT2D eigenvalue weighted by Crippen LogP contribution is -2.13. The highest BCUT2D eigenvalue weighted by Gasteiger charge is 2.14. The molecule has 0 saturated carbocycles. The van der Waals surface area contributed by atoms with Crippen molar-refractivity contribution in [3.05, 3.63) is 59.7 Å². The maximum atomic E-state index is 4.56. The van der Waals surface area contributed by atoms with E-state index in [9.17, 15) is 0 Å². The van der Waals surface area contributed by atoms with Gasteiger partial charge in [0.25, 0.3) is 0 Å². The Morgan fingerprint density at radius 1 is 1.00 bits per heavy atom. The first kappa shape index (κ1) is 12.1. The van der Waals surface area contributed by atoms with Crippen LogP contribution in [0.1, 0.15) is 24.0 Å². The summed E-state index contributed by atoms with van der Waals surface area (Å²) in [5.41, 5.74) is 8.78. The van der Waals surface area contributed by atoms with Crippen LogP contribution in [-0.4, -0.2) is 15.7 Å². The van der Waals surface area contributed by atoms with Crippen molar-refractivity contribution in [2.75, 3.05) is 5.43 Å². The summed E-state index contributed by atoms with van der Waals surface area (Å²) in [5.74, 6) is 0.687. The van der Waals surface area contributed by atoms with Gasteiger partial charge in [-0.25, -0.2) is 10.4 Å². The molecule has 0 saturated heterocycles. The molecule has 4 rings (SSSR count). The first-order valence-electron chi connectivity index (χ1n) is 7.26. The maximum Gasteiger partial charge on any atom is 0.222 e. The molecule has 104 valence electrons. The number of hydrogen-bond acceptors (Lipinski definition) is 3. The summed E-state index contributed by atoms with van der Waals surface area (Å²) < 4.78 is 0. The van der Waals surface area contributed by atoms with Gasteiger partial charge >= 0.3 is 0 Å². The molecular weight excluding hydrogens is 260 g/mol. The molecule has 0 unspecified atom stereocenters. The van der Waals surface area contributed by atoms with Crippen molar-refractivity contribution in [3.63, 3.8) is 0 Å². The quantitative estimate of drug-likeness (QED) is 0.701. The van der Waals surface area contributed by atoms with Gasteiger partial charge in [-0.3, -0.25) is 0 Å². The zero-order valence-electron chi connectivity index (χ0n) is 11.6. The molecule has 0 atom stereocenters. The minimum atomic E-state index is 0.687. The summed E-state index contributed by atoms with van der Waals surface area (Å²) in [7, 11) is 0. The van der Waals surface area contributed by atoms with Gasteiger partial charge in [-0.15, -0.1) is 0 Å². The molecule has 2 aromatic carbocycles. The van der Waals surface area contributed by atoms with Gasteiger partial charge in [-0.1, -0.05) is 36.4 Å². The van der Waals surface area contributed by atoms with Crippen molar-refractivity contribution in [1.82, 2.24) is 9.97 Å². The molecule has 0 aliphatic heterocycles. The Labute approximate surface area is 122 Å². The van der Waals surface area contributed by atoms with Gasteiger partial charge in [0.15, 0.2) is 0 Å². The summed E-state index contributed by atoms with van der Waals surface area (Å²) in [4.78, 5) is 7.71. The summed E-state index contributed by atoms with van der Waals surface area (Å²) in [6, 6.07) is 16.5. The Morgan fingerprint density at radius 2 is 1.86 bits per heavy atom. The van der Waals surface area contributed by atoms with E-state index in [0.29, 0.717) is 5.95 Å². The van der Waals surface area contributed by atoms with Gasteiger partial charge in [-0.2, -0.15) is 5.10 Å². The lowest BCUT2D eigenvalue weighted by Gasteiger charge is -2.17. The number of H-pyrrole nitrogens is 1. The van der Waals surface area contributed by atoms with Gasteiger partial charge in [0, 0.05) is 5.56 Å². The number of rotatable bonds is 2. The van der Waals surface area contributed by atoms with Crippen LogP contribution in [0.3, 0.4) is 0 Å². The third-order valence-corrected chi connectivity index (χ3v) is 3.87. The Kier molecular flexibility index (Phi) is 2.92. The number of aromatic amines is 1. The first-order chi connectivity index (χ1) is 10.4. The maximum absolute atomic E-state index is 4.56. The zero-order chi connectivity index (χ0) is 14.1. The average Bonchev–Trinajstić information content (AvgIpc) is 2.96. The highest BCUT2D eigenvalue weighted by Crippen LogP contribution is 2.22. The highest BCUT2D eigenvalue weighted by molar-refractivity contribution is 6.03. The number of anilines is 1. The molecule has 4 heteroatoms. The molecule has 0 amide bonds. The van der Waals surface area contributed by atoms with Crippen LogP contribution in [0.2, 0.25) is 0 Å². The van der Waals surface area contributed by atoms with Crippen molar-refractivity contribution in [1.29, 1.82) is 0 Å². The van der Waals surface area contributed by atoms with Crippen molar-refractivity contribution in [2.45, 2.75) is 19.3 Å². The predicted molar refractivity (Wildman–Crippen MR) is 85.6 cm³/mol. The number of fused-ring (bicyclic) bond motifs is 2. The largest absolute Gasteiger partial charge is 0.323 e. The number of hydrogen-bond donors (Lipinski definition) is 2. The number of nitrogens with zero attached hydrogens (tertiary/aromatic N) is 2. The van der Waals surface area contributed by atoms with Gasteiger partial charge in [0.1, 0.15) is 0 Å². The molecule has 0 bridgehead atoms. The van der Waals surface area contributed by atoms with Crippen molar-refractivity contribution in [2.24, 2.45) is 5.10 Å². The molecule has 0 radical (unpaired) electrons. The van der Waals surface area contributed by atoms with Gasteiger partial charge < -0.3 is 4.98 Å². The molecule has 1 aliphatic carbocycles. The first-order valence-corrected chi connectivity index (χ1v) is 7.26. The molecule has 1 aliphatic rings. The molecule has 1 heterocycles. The molecule has 21 heavy (non-hydrogen) atoms. The summed E-state index contributed by atoms with van der Waals surface area (Å²) in [6.07, 6.45) is 3.29. The summed E-state index contributed by atoms with van der Waals surface area (Å²) >= 11 is 0. The molecule has 1 aromatic heterocycles. The van der Waals surface area contributed by atoms with E-state index >= 15 is 0 Å². The van der Waals surface area contributed by atoms with Crippen LogP contribution in [0.4, 0.5) is 5.95 Å². The molecule has 0 fully saturated rings. The van der Waals surface area contributed by atoms with Gasteiger partial charge in [-0.05, 0) is 37.0 Å². The second kappa shape index (κ2) is 5.05. The number of para-hydroxylation sites is 2. The molecule has 3 aromatic rings. The van der Waals surface area contributed by atoms with Gasteiger partial charge in [0.05, 0.1) is 16.7 Å². The number of hydrazone groups is 1. The third kappa shape index (κ3) is 2.29. The monoisotopic (exact) mass is 276 g/mol. The topological polar surface area (TPSA) is 53.1 Å². The van der Waals surface area contributed by atoms with E-state index in [1.54, 1.807) is 0 Å². The fourth-order valence-corrected chi connectivity index (χ4v) is 2.84. The van der Waals surface area contributed by atoms with E-state index in [-0.39, 0.29) is 0 Å². The number of aryl methyl sites for hydroxylation is 1. The van der Waals surface area contributed by atoms with Crippen LogP contribution in [0.15, 0.2) is 53.6 Å². The number of imidazole rings is 1. The lowest BCUT2D eigenvalue weighted by atomic mass is 9.90. The second-order valence-electron chi connectivity index (χ2n) is 5.28. The van der Waals surface area contributed by atoms with Crippen LogP contribution >= 0.6 is 0 Å². The molecule has 2 N–H and O–H groups in total. The Hall–Kier alpha value is -2.62. The summed E-state index contributed by atoms with van der Waals surface area (Å²) in [6.45, 7) is 0. The van der Waals surface area contributed by atoms with E-state index in [0.717, 1.165) is 36.0 Å². The number of nitrogens with one attached hydrogen (secondary N) is 2. The minimum Gasteiger partial charge on any atom is -0.323 e. The smallest absolute Gasteiger partial charge is 0.222 e. The van der Waals surface area contributed by atoms with E-state index < -0.39 is 0 Å². The second-order valence-corrected chi connectivity index (χ2v) is 5.28.